The van der Waals surface area contributed by atoms with Crippen LogP contribution in [-0.4, -0.2) is 36.4 Å². The molecule has 8 nitrogen and oxygen atoms in total. The molecule has 0 aliphatic carbocycles. The summed E-state index contributed by atoms with van der Waals surface area (Å²) in [4.78, 5) is 7.62. The molecule has 0 saturated heterocycles. The second-order valence-electron chi connectivity index (χ2n) is 4.66. The van der Waals surface area contributed by atoms with E-state index in [-0.39, 0.29) is 11.8 Å². The zero-order valence-corrected chi connectivity index (χ0v) is 13.5. The Morgan fingerprint density at radius 1 is 1.08 bits per heavy atom. The Morgan fingerprint density at radius 3 is 2.21 bits per heavy atom. The number of hydrogen-bond donors (Lipinski definition) is 3. The molecule has 0 radical (unpaired) electrons. The first-order valence-electron chi connectivity index (χ1n) is 6.87. The van der Waals surface area contributed by atoms with Crippen LogP contribution in [0.15, 0.2) is 18.3 Å². The van der Waals surface area contributed by atoms with Gasteiger partial charge in [-0.1, -0.05) is 11.8 Å². The molecular weight excluding hydrogens is 312 g/mol. The molecule has 0 saturated carbocycles. The second-order valence-corrected chi connectivity index (χ2v) is 4.66. The van der Waals surface area contributed by atoms with E-state index in [1.54, 1.807) is 12.1 Å². The summed E-state index contributed by atoms with van der Waals surface area (Å²) in [6.45, 7) is 0. The summed E-state index contributed by atoms with van der Waals surface area (Å²) in [6, 6.07) is 3.23. The molecule has 1 heterocycles. The lowest BCUT2D eigenvalue weighted by atomic mass is 10.1. The number of anilines is 2. The first-order valence-corrected chi connectivity index (χ1v) is 6.87. The van der Waals surface area contributed by atoms with Crippen molar-refractivity contribution in [3.05, 3.63) is 29.5 Å². The maximum Gasteiger partial charge on any atom is 0.221 e. The Hall–Kier alpha value is -3.18. The zero-order chi connectivity index (χ0) is 17.7. The van der Waals surface area contributed by atoms with E-state index < -0.39 is 6.10 Å². The maximum absolute atomic E-state index is 10.3. The third kappa shape index (κ3) is 3.59. The first kappa shape index (κ1) is 17.2. The number of methoxy groups -OCH3 is 3. The number of nitrogens with two attached hydrogens (primary N) is 2. The molecule has 1 aromatic carbocycles. The monoisotopic (exact) mass is 330 g/mol. The predicted molar refractivity (Wildman–Crippen MR) is 88.8 cm³/mol. The highest BCUT2D eigenvalue weighted by Gasteiger charge is 2.16. The molecule has 126 valence electrons. The van der Waals surface area contributed by atoms with E-state index in [1.807, 2.05) is 0 Å². The van der Waals surface area contributed by atoms with Gasteiger partial charge < -0.3 is 30.8 Å². The minimum Gasteiger partial charge on any atom is -0.493 e. The van der Waals surface area contributed by atoms with Crippen LogP contribution in [0.5, 0.6) is 17.2 Å². The number of aliphatic hydroxyl groups is 1. The molecule has 0 bridgehead atoms. The molecule has 1 aromatic heterocycles. The number of ether oxygens (including phenoxy) is 3. The van der Waals surface area contributed by atoms with Gasteiger partial charge in [-0.2, -0.15) is 4.98 Å². The van der Waals surface area contributed by atoms with E-state index in [2.05, 4.69) is 21.8 Å². The van der Waals surface area contributed by atoms with Crippen molar-refractivity contribution in [3.8, 4) is 29.1 Å². The van der Waals surface area contributed by atoms with Crippen LogP contribution in [0.25, 0.3) is 0 Å². The highest BCUT2D eigenvalue weighted by atomic mass is 16.5. The third-order valence-corrected chi connectivity index (χ3v) is 3.18. The van der Waals surface area contributed by atoms with Crippen LogP contribution in [0.2, 0.25) is 0 Å². The standard InChI is InChI=1S/C16H18N4O4/c1-22-12-6-10(7-13(23-2)14(12)24-3)11(21)5-4-9-8-19-16(18)20-15(9)17/h6-8,11,21H,1-3H3,(H4,17,18,19,20)/t11-/m0/s1. The van der Waals surface area contributed by atoms with E-state index in [0.29, 0.717) is 28.4 Å². The molecular formula is C16H18N4O4. The van der Waals surface area contributed by atoms with Gasteiger partial charge in [0.15, 0.2) is 11.5 Å². The van der Waals surface area contributed by atoms with E-state index >= 15 is 0 Å². The van der Waals surface area contributed by atoms with Crippen LogP contribution in [0.1, 0.15) is 17.2 Å². The van der Waals surface area contributed by atoms with Crippen LogP contribution < -0.4 is 25.7 Å². The lowest BCUT2D eigenvalue weighted by molar-refractivity contribution is 0.236. The number of nitrogen functional groups attached to an aromatic ring is 2. The van der Waals surface area contributed by atoms with E-state index in [4.69, 9.17) is 25.7 Å². The molecule has 5 N–H and O–H groups in total. The van der Waals surface area contributed by atoms with Crippen molar-refractivity contribution in [2.24, 2.45) is 0 Å². The lowest BCUT2D eigenvalue weighted by Gasteiger charge is -2.14. The molecule has 0 fully saturated rings. The fraction of sp³-hybridized carbons (Fsp3) is 0.250. The van der Waals surface area contributed by atoms with Gasteiger partial charge in [-0.3, -0.25) is 0 Å². The zero-order valence-electron chi connectivity index (χ0n) is 13.5. The van der Waals surface area contributed by atoms with Gasteiger partial charge in [0, 0.05) is 5.56 Å². The SMILES string of the molecule is COc1cc([C@@H](O)C#Cc2cnc(N)nc2N)cc(OC)c1OC. The molecule has 2 rings (SSSR count). The Labute approximate surface area is 139 Å². The van der Waals surface area contributed by atoms with Crippen LogP contribution >= 0.6 is 0 Å². The minimum atomic E-state index is -1.10. The van der Waals surface area contributed by atoms with Crippen molar-refractivity contribution in [1.29, 1.82) is 0 Å². The number of aromatic nitrogens is 2. The highest BCUT2D eigenvalue weighted by Crippen LogP contribution is 2.39. The largest absolute Gasteiger partial charge is 0.493 e. The second kappa shape index (κ2) is 7.39. The van der Waals surface area contributed by atoms with Gasteiger partial charge in [0.05, 0.1) is 33.1 Å². The summed E-state index contributed by atoms with van der Waals surface area (Å²) in [5.41, 5.74) is 12.0. The summed E-state index contributed by atoms with van der Waals surface area (Å²) in [7, 11) is 4.48. The normalized spacial score (nSPS) is 11.2. The summed E-state index contributed by atoms with van der Waals surface area (Å²) in [5.74, 6) is 6.87. The average Bonchev–Trinajstić information content (AvgIpc) is 2.59. The van der Waals surface area contributed by atoms with E-state index in [0.717, 1.165) is 0 Å². The molecule has 0 aliphatic heterocycles. The van der Waals surface area contributed by atoms with Gasteiger partial charge >= 0.3 is 0 Å². The number of nitrogens with zero attached hydrogens (tertiary/aromatic N) is 2. The highest BCUT2D eigenvalue weighted by molar-refractivity contribution is 5.56. The molecule has 0 unspecified atom stereocenters. The number of hydrogen-bond acceptors (Lipinski definition) is 8. The van der Waals surface area contributed by atoms with E-state index in [9.17, 15) is 5.11 Å². The Kier molecular flexibility index (Phi) is 5.29. The fourth-order valence-corrected chi connectivity index (χ4v) is 1.99. The Balaban J connectivity index is 2.37. The number of benzene rings is 1. The molecule has 0 spiro atoms. The smallest absolute Gasteiger partial charge is 0.221 e. The third-order valence-electron chi connectivity index (χ3n) is 3.18. The summed E-state index contributed by atoms with van der Waals surface area (Å²) in [5, 5.41) is 10.3. The summed E-state index contributed by atoms with van der Waals surface area (Å²) >= 11 is 0. The maximum atomic E-state index is 10.3. The molecule has 0 amide bonds. The van der Waals surface area contributed by atoms with Gasteiger partial charge in [-0.25, -0.2) is 4.98 Å². The molecule has 1 atom stereocenters. The van der Waals surface area contributed by atoms with Crippen molar-refractivity contribution in [2.45, 2.75) is 6.10 Å². The topological polar surface area (TPSA) is 126 Å². The van der Waals surface area contributed by atoms with Gasteiger partial charge in [-0.05, 0) is 12.1 Å². The van der Waals surface area contributed by atoms with Crippen molar-refractivity contribution >= 4 is 11.8 Å². The predicted octanol–water partition coefficient (Wildman–Crippen LogP) is 0.752. The van der Waals surface area contributed by atoms with Crippen molar-refractivity contribution in [3.63, 3.8) is 0 Å². The van der Waals surface area contributed by atoms with Gasteiger partial charge in [0.25, 0.3) is 0 Å². The van der Waals surface area contributed by atoms with Gasteiger partial charge in [0.1, 0.15) is 11.9 Å². The quantitative estimate of drug-likeness (QED) is 0.701. The molecule has 2 aromatic rings. The molecule has 24 heavy (non-hydrogen) atoms. The summed E-state index contributed by atoms with van der Waals surface area (Å²) < 4.78 is 15.7. The molecule has 8 heteroatoms. The average molecular weight is 330 g/mol. The van der Waals surface area contributed by atoms with Crippen LogP contribution in [0.4, 0.5) is 11.8 Å². The summed E-state index contributed by atoms with van der Waals surface area (Å²) in [6.07, 6.45) is 0.294. The Bertz CT molecular complexity index is 773. The first-order chi connectivity index (χ1) is 11.5. The lowest BCUT2D eigenvalue weighted by Crippen LogP contribution is -2.02. The van der Waals surface area contributed by atoms with Gasteiger partial charge in [0.2, 0.25) is 11.7 Å². The van der Waals surface area contributed by atoms with Crippen molar-refractivity contribution in [2.75, 3.05) is 32.8 Å². The van der Waals surface area contributed by atoms with E-state index in [1.165, 1.54) is 27.5 Å². The van der Waals surface area contributed by atoms with Crippen molar-refractivity contribution < 1.29 is 19.3 Å². The number of rotatable bonds is 4. The Morgan fingerprint density at radius 2 is 1.71 bits per heavy atom. The minimum absolute atomic E-state index is 0.0585. The van der Waals surface area contributed by atoms with Crippen LogP contribution in [-0.2, 0) is 0 Å². The van der Waals surface area contributed by atoms with Gasteiger partial charge in [-0.15, -0.1) is 0 Å². The van der Waals surface area contributed by atoms with Crippen LogP contribution in [0.3, 0.4) is 0 Å². The fourth-order valence-electron chi connectivity index (χ4n) is 1.99. The van der Waals surface area contributed by atoms with Crippen LogP contribution in [0, 0.1) is 11.8 Å². The molecule has 0 aliphatic rings. The number of aliphatic hydroxyl groups excluding tert-OH is 1. The van der Waals surface area contributed by atoms with Crippen molar-refractivity contribution in [1.82, 2.24) is 9.97 Å².